The van der Waals surface area contributed by atoms with E-state index in [1.807, 2.05) is 13.8 Å². The zero-order valence-electron chi connectivity index (χ0n) is 20.4. The minimum absolute atomic E-state index is 0.265. The van der Waals surface area contributed by atoms with Gasteiger partial charge in [0, 0.05) is 27.9 Å². The van der Waals surface area contributed by atoms with Crippen LogP contribution in [0.3, 0.4) is 0 Å². The Bertz CT molecular complexity index is 1160. The lowest BCUT2D eigenvalue weighted by Gasteiger charge is -2.64. The van der Waals surface area contributed by atoms with E-state index >= 15 is 0 Å². The van der Waals surface area contributed by atoms with Gasteiger partial charge in [0.25, 0.3) is 0 Å². The first-order chi connectivity index (χ1) is 17.6. The number of furan rings is 1. The van der Waals surface area contributed by atoms with Crippen molar-refractivity contribution < 1.29 is 53.4 Å². The second kappa shape index (κ2) is 8.23. The van der Waals surface area contributed by atoms with E-state index in [1.165, 1.54) is 12.5 Å². The predicted molar refractivity (Wildman–Crippen MR) is 121 cm³/mol. The molecule has 0 amide bonds. The van der Waals surface area contributed by atoms with E-state index in [-0.39, 0.29) is 6.42 Å². The molecule has 0 spiro atoms. The van der Waals surface area contributed by atoms with Crippen LogP contribution in [0.15, 0.2) is 46.8 Å². The number of cyclic esters (lactones) is 1. The molecule has 6 aliphatic rings. The smallest absolute Gasteiger partial charge is 0.343 e. The Labute approximate surface area is 212 Å². The minimum Gasteiger partial charge on any atom is -0.472 e. The number of aliphatic hydroxyl groups excluding tert-OH is 4. The van der Waals surface area contributed by atoms with Gasteiger partial charge in [-0.3, -0.25) is 0 Å². The van der Waals surface area contributed by atoms with Gasteiger partial charge < -0.3 is 43.8 Å². The van der Waals surface area contributed by atoms with Crippen LogP contribution in [0.4, 0.5) is 0 Å². The van der Waals surface area contributed by atoms with Gasteiger partial charge >= 0.3 is 11.9 Å². The lowest BCUT2D eigenvalue weighted by molar-refractivity contribution is -0.344. The fraction of sp³-hybridized carbons (Fsp3) is 0.615. The molecule has 2 bridgehead atoms. The van der Waals surface area contributed by atoms with E-state index in [2.05, 4.69) is 0 Å². The van der Waals surface area contributed by atoms with Crippen molar-refractivity contribution in [2.45, 2.75) is 75.2 Å². The SMILES string of the molecule is C[C@@]12C[C@@H](c3ccoc3)OC(=O)C1=CC[C@]1(C)[C@H]2[C@H]2C=C[C@]1(O[C@H]1O[C@@H](CO)[C@H](O)[C@@H](O)[C@@H]1O)C(=O)O2. The highest BCUT2D eigenvalue weighted by Crippen LogP contribution is 2.67. The molecule has 11 heteroatoms. The van der Waals surface area contributed by atoms with Gasteiger partial charge in [-0.05, 0) is 31.1 Å². The molecule has 4 N–H and O–H groups in total. The zero-order valence-corrected chi connectivity index (χ0v) is 20.4. The van der Waals surface area contributed by atoms with Gasteiger partial charge in [0.05, 0.1) is 19.1 Å². The van der Waals surface area contributed by atoms with E-state index in [4.69, 9.17) is 23.4 Å². The third-order valence-electron chi connectivity index (χ3n) is 9.11. The third-order valence-corrected chi connectivity index (χ3v) is 9.11. The molecule has 5 heterocycles. The van der Waals surface area contributed by atoms with E-state index < -0.39 is 83.8 Å². The molecule has 37 heavy (non-hydrogen) atoms. The van der Waals surface area contributed by atoms with Gasteiger partial charge in [-0.1, -0.05) is 19.9 Å². The molecule has 2 aliphatic carbocycles. The topological polar surface area (TPSA) is 165 Å². The predicted octanol–water partition coefficient (Wildman–Crippen LogP) is 0.277. The zero-order chi connectivity index (χ0) is 26.3. The normalized spacial score (nSPS) is 48.5. The van der Waals surface area contributed by atoms with Crippen molar-refractivity contribution in [2.75, 3.05) is 6.61 Å². The monoisotopic (exact) mass is 518 g/mol. The van der Waals surface area contributed by atoms with Gasteiger partial charge in [0.15, 0.2) is 11.9 Å². The molecule has 1 aromatic heterocycles. The number of allylic oxidation sites excluding steroid dienone is 1. The molecular weight excluding hydrogens is 488 g/mol. The lowest BCUT2D eigenvalue weighted by atomic mass is 9.45. The van der Waals surface area contributed by atoms with Crippen molar-refractivity contribution in [3.05, 3.63) is 48.0 Å². The molecule has 11 nitrogen and oxygen atoms in total. The Balaban J connectivity index is 1.40. The Morgan fingerprint density at radius 1 is 1.11 bits per heavy atom. The molecule has 200 valence electrons. The molecule has 3 fully saturated rings. The molecule has 3 saturated heterocycles. The van der Waals surface area contributed by atoms with Gasteiger partial charge in [-0.15, -0.1) is 0 Å². The summed E-state index contributed by atoms with van der Waals surface area (Å²) < 4.78 is 28.6. The van der Waals surface area contributed by atoms with Gasteiger partial charge in [0.1, 0.15) is 36.6 Å². The van der Waals surface area contributed by atoms with Crippen molar-refractivity contribution in [1.82, 2.24) is 0 Å². The Morgan fingerprint density at radius 2 is 1.89 bits per heavy atom. The number of carbonyl (C=O) groups excluding carboxylic acids is 2. The second-order valence-electron chi connectivity index (χ2n) is 11.1. The van der Waals surface area contributed by atoms with E-state index in [0.717, 1.165) is 5.56 Å². The number of esters is 2. The molecule has 11 atom stereocenters. The van der Waals surface area contributed by atoms with Crippen LogP contribution < -0.4 is 0 Å². The summed E-state index contributed by atoms with van der Waals surface area (Å²) in [6.45, 7) is 3.20. The lowest BCUT2D eigenvalue weighted by Crippen LogP contribution is -2.73. The summed E-state index contributed by atoms with van der Waals surface area (Å²) in [5, 5.41) is 40.7. The maximum Gasteiger partial charge on any atom is 0.343 e. The van der Waals surface area contributed by atoms with Crippen molar-refractivity contribution >= 4 is 11.9 Å². The summed E-state index contributed by atoms with van der Waals surface area (Å²) in [7, 11) is 0. The summed E-state index contributed by atoms with van der Waals surface area (Å²) in [6.07, 6.45) is -0.0578. The molecule has 1 aromatic rings. The van der Waals surface area contributed by atoms with Crippen LogP contribution in [0.1, 0.15) is 38.4 Å². The number of ether oxygens (including phenoxy) is 4. The molecule has 0 saturated carbocycles. The maximum atomic E-state index is 13.5. The van der Waals surface area contributed by atoms with E-state index in [0.29, 0.717) is 12.0 Å². The first-order valence-electron chi connectivity index (χ1n) is 12.4. The Hall–Kier alpha value is -2.54. The highest BCUT2D eigenvalue weighted by atomic mass is 16.7. The molecular formula is C26H30O11. The fourth-order valence-electron chi connectivity index (χ4n) is 7.19. The van der Waals surface area contributed by atoms with Crippen molar-refractivity contribution in [3.8, 4) is 0 Å². The summed E-state index contributed by atoms with van der Waals surface area (Å²) in [5.41, 5.74) is -2.23. The first-order valence-corrected chi connectivity index (χ1v) is 12.4. The minimum atomic E-state index is -1.74. The van der Waals surface area contributed by atoms with Crippen LogP contribution in [0.5, 0.6) is 0 Å². The number of carbonyl (C=O) groups is 2. The van der Waals surface area contributed by atoms with Crippen LogP contribution in [-0.4, -0.2) is 81.4 Å². The molecule has 4 aliphatic heterocycles. The summed E-state index contributed by atoms with van der Waals surface area (Å²) in [6, 6.07) is 1.74. The van der Waals surface area contributed by atoms with Gasteiger partial charge in [-0.25, -0.2) is 9.59 Å². The van der Waals surface area contributed by atoms with Crippen LogP contribution in [0.25, 0.3) is 0 Å². The second-order valence-corrected chi connectivity index (χ2v) is 11.1. The van der Waals surface area contributed by atoms with E-state index in [1.54, 1.807) is 24.3 Å². The molecule has 0 unspecified atom stereocenters. The number of hydrogen-bond donors (Lipinski definition) is 4. The van der Waals surface area contributed by atoms with E-state index in [9.17, 15) is 30.0 Å². The van der Waals surface area contributed by atoms with Crippen molar-refractivity contribution in [1.29, 1.82) is 0 Å². The number of hydrogen-bond acceptors (Lipinski definition) is 11. The number of fused-ring (bicyclic) bond motifs is 2. The molecule has 0 aromatic carbocycles. The summed E-state index contributed by atoms with van der Waals surface area (Å²) in [4.78, 5) is 26.6. The average Bonchev–Trinajstić information content (AvgIpc) is 3.40. The molecule has 7 rings (SSSR count). The average molecular weight is 519 g/mol. The van der Waals surface area contributed by atoms with Crippen molar-refractivity contribution in [3.63, 3.8) is 0 Å². The number of rotatable bonds is 4. The van der Waals surface area contributed by atoms with Crippen LogP contribution >= 0.6 is 0 Å². The van der Waals surface area contributed by atoms with Crippen LogP contribution in [0.2, 0.25) is 0 Å². The molecule has 0 radical (unpaired) electrons. The van der Waals surface area contributed by atoms with Crippen LogP contribution in [-0.2, 0) is 28.5 Å². The quantitative estimate of drug-likeness (QED) is 0.319. The summed E-state index contributed by atoms with van der Waals surface area (Å²) in [5.74, 6) is -1.53. The highest BCUT2D eigenvalue weighted by molar-refractivity contribution is 5.93. The fourth-order valence-corrected chi connectivity index (χ4v) is 7.19. The Morgan fingerprint density at radius 3 is 2.57 bits per heavy atom. The van der Waals surface area contributed by atoms with Crippen LogP contribution in [0, 0.1) is 16.7 Å². The number of aliphatic hydroxyl groups is 4. The highest BCUT2D eigenvalue weighted by Gasteiger charge is 2.73. The Kier molecular flexibility index (Phi) is 5.51. The maximum absolute atomic E-state index is 13.5. The third kappa shape index (κ3) is 3.22. The van der Waals surface area contributed by atoms with Crippen molar-refractivity contribution in [2.24, 2.45) is 16.7 Å². The van der Waals surface area contributed by atoms with Gasteiger partial charge in [0.2, 0.25) is 0 Å². The largest absolute Gasteiger partial charge is 0.472 e. The summed E-state index contributed by atoms with van der Waals surface area (Å²) >= 11 is 0. The standard InChI is InChI=1S/C26H30O11/c1-24-9-15(12-5-8-33-11-12)34-21(31)13(24)3-6-25(2)20(24)14-4-7-26(25,23(32)36-14)37-22-19(30)18(29)17(28)16(10-27)35-22/h3-5,7-8,11,14-20,22,27-30H,6,9-10H2,1-2H3/t14-,15+,16+,17+,18-,19+,20+,22-,24-,25-,26+/m1/s1. The first kappa shape index (κ1) is 24.8. The van der Waals surface area contributed by atoms with Gasteiger partial charge in [-0.2, -0.15) is 0 Å².